The standard InChI is InChI=1S/C14H26N2O/c1-3-16(13-8-4-5-9-13)14(17)15-10-6-7-12(2)11-15/h12-13H,3-11H2,1-2H3. The Morgan fingerprint density at radius 3 is 2.53 bits per heavy atom. The van der Waals surface area contributed by atoms with Gasteiger partial charge >= 0.3 is 6.03 Å². The lowest BCUT2D eigenvalue weighted by atomic mass is 10.0. The summed E-state index contributed by atoms with van der Waals surface area (Å²) in [5.74, 6) is 0.676. The van der Waals surface area contributed by atoms with Gasteiger partial charge in [-0.25, -0.2) is 4.79 Å². The van der Waals surface area contributed by atoms with Gasteiger partial charge in [-0.1, -0.05) is 19.8 Å². The fourth-order valence-corrected chi connectivity index (χ4v) is 3.31. The minimum Gasteiger partial charge on any atom is -0.324 e. The highest BCUT2D eigenvalue weighted by Gasteiger charge is 2.30. The summed E-state index contributed by atoms with van der Waals surface area (Å²) in [6, 6.07) is 0.815. The Morgan fingerprint density at radius 2 is 1.94 bits per heavy atom. The van der Waals surface area contributed by atoms with Gasteiger partial charge in [0.05, 0.1) is 0 Å². The van der Waals surface area contributed by atoms with Crippen molar-refractivity contribution < 1.29 is 4.79 Å². The second-order valence-corrected chi connectivity index (χ2v) is 5.70. The Morgan fingerprint density at radius 1 is 1.24 bits per heavy atom. The summed E-state index contributed by atoms with van der Waals surface area (Å²) in [7, 11) is 0. The second-order valence-electron chi connectivity index (χ2n) is 5.70. The van der Waals surface area contributed by atoms with E-state index in [4.69, 9.17) is 0 Å². The van der Waals surface area contributed by atoms with Gasteiger partial charge in [-0.05, 0) is 38.5 Å². The first kappa shape index (κ1) is 12.7. The Kier molecular flexibility index (Phi) is 4.30. The number of likely N-dealkylation sites (tertiary alicyclic amines) is 1. The first-order valence-corrected chi connectivity index (χ1v) is 7.28. The van der Waals surface area contributed by atoms with Crippen molar-refractivity contribution in [2.75, 3.05) is 19.6 Å². The van der Waals surface area contributed by atoms with Crippen LogP contribution in [-0.4, -0.2) is 41.5 Å². The molecule has 1 unspecified atom stereocenters. The van der Waals surface area contributed by atoms with Gasteiger partial charge in [0, 0.05) is 25.7 Å². The normalized spacial score (nSPS) is 26.2. The van der Waals surface area contributed by atoms with Crippen LogP contribution in [0.4, 0.5) is 4.79 Å². The highest BCUT2D eigenvalue weighted by molar-refractivity contribution is 5.75. The number of urea groups is 1. The quantitative estimate of drug-likeness (QED) is 0.725. The molecule has 2 aliphatic rings. The number of carbonyl (C=O) groups is 1. The first-order valence-electron chi connectivity index (χ1n) is 7.28. The van der Waals surface area contributed by atoms with Crippen LogP contribution in [0.1, 0.15) is 52.4 Å². The average Bonchev–Trinajstić information content (AvgIpc) is 2.83. The number of hydrogen-bond donors (Lipinski definition) is 0. The molecule has 0 spiro atoms. The zero-order valence-corrected chi connectivity index (χ0v) is 11.3. The van der Waals surface area contributed by atoms with E-state index in [0.717, 1.165) is 19.6 Å². The molecular formula is C14H26N2O. The summed E-state index contributed by atoms with van der Waals surface area (Å²) < 4.78 is 0. The zero-order valence-electron chi connectivity index (χ0n) is 11.3. The Hall–Kier alpha value is -0.730. The fraction of sp³-hybridized carbons (Fsp3) is 0.929. The zero-order chi connectivity index (χ0) is 12.3. The van der Waals surface area contributed by atoms with Gasteiger partial charge in [-0.3, -0.25) is 0 Å². The van der Waals surface area contributed by atoms with Crippen LogP contribution in [0.5, 0.6) is 0 Å². The predicted molar refractivity (Wildman–Crippen MR) is 70.0 cm³/mol. The van der Waals surface area contributed by atoms with Gasteiger partial charge in [0.15, 0.2) is 0 Å². The van der Waals surface area contributed by atoms with Crippen LogP contribution in [0.25, 0.3) is 0 Å². The third kappa shape index (κ3) is 2.93. The largest absolute Gasteiger partial charge is 0.324 e. The van der Waals surface area contributed by atoms with E-state index in [0.29, 0.717) is 18.0 Å². The number of hydrogen-bond acceptors (Lipinski definition) is 1. The van der Waals surface area contributed by atoms with Gasteiger partial charge in [0.2, 0.25) is 0 Å². The molecule has 0 aromatic heterocycles. The molecule has 0 aromatic rings. The minimum absolute atomic E-state index is 0.297. The fourth-order valence-electron chi connectivity index (χ4n) is 3.31. The van der Waals surface area contributed by atoms with Gasteiger partial charge in [-0.15, -0.1) is 0 Å². The summed E-state index contributed by atoms with van der Waals surface area (Å²) in [6.45, 7) is 7.16. The van der Waals surface area contributed by atoms with E-state index in [1.165, 1.54) is 38.5 Å². The van der Waals surface area contributed by atoms with Crippen LogP contribution < -0.4 is 0 Å². The third-order valence-corrected chi connectivity index (χ3v) is 4.28. The van der Waals surface area contributed by atoms with E-state index in [2.05, 4.69) is 23.6 Å². The number of rotatable bonds is 2. The summed E-state index contributed by atoms with van der Waals surface area (Å²) in [5, 5.41) is 0. The van der Waals surface area contributed by atoms with Crippen LogP contribution >= 0.6 is 0 Å². The lowest BCUT2D eigenvalue weighted by Crippen LogP contribution is -2.50. The molecule has 3 nitrogen and oxygen atoms in total. The Balaban J connectivity index is 1.95. The van der Waals surface area contributed by atoms with Crippen molar-refractivity contribution >= 4 is 6.03 Å². The van der Waals surface area contributed by atoms with Crippen molar-refractivity contribution in [1.82, 2.24) is 9.80 Å². The molecule has 1 heterocycles. The Labute approximate surface area is 105 Å². The van der Waals surface area contributed by atoms with Crippen LogP contribution in [0, 0.1) is 5.92 Å². The van der Waals surface area contributed by atoms with Crippen LogP contribution in [0.2, 0.25) is 0 Å². The second kappa shape index (κ2) is 5.74. The number of amides is 2. The lowest BCUT2D eigenvalue weighted by molar-refractivity contribution is 0.118. The van der Waals surface area contributed by atoms with E-state index in [1.54, 1.807) is 0 Å². The summed E-state index contributed by atoms with van der Waals surface area (Å²) in [4.78, 5) is 16.7. The summed E-state index contributed by atoms with van der Waals surface area (Å²) >= 11 is 0. The molecule has 2 rings (SSSR count). The van der Waals surface area contributed by atoms with E-state index in [9.17, 15) is 4.79 Å². The lowest BCUT2D eigenvalue weighted by Gasteiger charge is -2.37. The van der Waals surface area contributed by atoms with Crippen molar-refractivity contribution in [3.8, 4) is 0 Å². The molecule has 1 aliphatic carbocycles. The SMILES string of the molecule is CCN(C(=O)N1CCCC(C)C1)C1CCCC1. The monoisotopic (exact) mass is 238 g/mol. The summed E-state index contributed by atoms with van der Waals surface area (Å²) in [6.07, 6.45) is 7.47. The molecule has 3 heteroatoms. The molecule has 1 saturated carbocycles. The molecule has 0 N–H and O–H groups in total. The molecule has 0 bridgehead atoms. The van der Waals surface area contributed by atoms with Crippen LogP contribution in [0.15, 0.2) is 0 Å². The van der Waals surface area contributed by atoms with Crippen molar-refractivity contribution in [3.05, 3.63) is 0 Å². The van der Waals surface area contributed by atoms with Gasteiger partial charge in [-0.2, -0.15) is 0 Å². The third-order valence-electron chi connectivity index (χ3n) is 4.28. The van der Waals surface area contributed by atoms with Crippen molar-refractivity contribution in [2.24, 2.45) is 5.92 Å². The van der Waals surface area contributed by atoms with Gasteiger partial charge in [0.25, 0.3) is 0 Å². The summed E-state index contributed by atoms with van der Waals surface area (Å²) in [5.41, 5.74) is 0. The smallest absolute Gasteiger partial charge is 0.320 e. The molecule has 17 heavy (non-hydrogen) atoms. The van der Waals surface area contributed by atoms with Crippen molar-refractivity contribution in [3.63, 3.8) is 0 Å². The topological polar surface area (TPSA) is 23.6 Å². The van der Waals surface area contributed by atoms with Crippen molar-refractivity contribution in [1.29, 1.82) is 0 Å². The molecule has 1 saturated heterocycles. The Bertz CT molecular complexity index is 261. The average molecular weight is 238 g/mol. The van der Waals surface area contributed by atoms with E-state index in [-0.39, 0.29) is 0 Å². The maximum atomic E-state index is 12.5. The van der Waals surface area contributed by atoms with Crippen LogP contribution in [0.3, 0.4) is 0 Å². The highest BCUT2D eigenvalue weighted by atomic mass is 16.2. The number of carbonyl (C=O) groups excluding carboxylic acids is 1. The predicted octanol–water partition coefficient (Wildman–Crippen LogP) is 3.10. The van der Waals surface area contributed by atoms with Gasteiger partial charge in [0.1, 0.15) is 0 Å². The van der Waals surface area contributed by atoms with E-state index >= 15 is 0 Å². The molecule has 1 atom stereocenters. The van der Waals surface area contributed by atoms with Crippen molar-refractivity contribution in [2.45, 2.75) is 58.4 Å². The van der Waals surface area contributed by atoms with E-state index in [1.807, 2.05) is 0 Å². The number of nitrogens with zero attached hydrogens (tertiary/aromatic N) is 2. The maximum Gasteiger partial charge on any atom is 0.320 e. The van der Waals surface area contributed by atoms with Crippen LogP contribution in [-0.2, 0) is 0 Å². The molecule has 1 aliphatic heterocycles. The molecule has 2 fully saturated rings. The molecule has 2 amide bonds. The van der Waals surface area contributed by atoms with Gasteiger partial charge < -0.3 is 9.80 Å². The first-order chi connectivity index (χ1) is 8.22. The molecule has 0 radical (unpaired) electrons. The molecule has 0 aromatic carbocycles. The highest BCUT2D eigenvalue weighted by Crippen LogP contribution is 2.25. The van der Waals surface area contributed by atoms with E-state index < -0.39 is 0 Å². The molecular weight excluding hydrogens is 212 g/mol. The minimum atomic E-state index is 0.297. The maximum absolute atomic E-state index is 12.5. The number of piperidine rings is 1. The molecule has 98 valence electrons.